The number of quaternary nitrogens is 2. The van der Waals surface area contributed by atoms with Gasteiger partial charge in [0.15, 0.2) is 13.3 Å². The van der Waals surface area contributed by atoms with E-state index in [2.05, 4.69) is 4.98 Å². The average molecular weight is 470 g/mol. The Morgan fingerprint density at radius 3 is 1.71 bits per heavy atom. The number of carbonyl (C=O) groups excluding carboxylic acids is 2. The third kappa shape index (κ3) is 3.47. The first-order chi connectivity index (χ1) is 16.6. The second kappa shape index (κ2) is 7.20. The normalized spacial score (nSPS) is 25.4. The minimum Gasteiger partial charge on any atom is -0.627 e. The highest BCUT2D eigenvalue weighted by Gasteiger charge is 2.35. The second-order valence-corrected chi connectivity index (χ2v) is 9.36. The lowest BCUT2D eigenvalue weighted by Gasteiger charge is -2.33. The summed E-state index contributed by atoms with van der Waals surface area (Å²) in [5, 5.41) is 26.3. The Morgan fingerprint density at radius 2 is 1.29 bits per heavy atom. The topological polar surface area (TPSA) is 103 Å². The first kappa shape index (κ1) is 21.4. The van der Waals surface area contributed by atoms with E-state index in [9.17, 15) is 20.0 Å². The summed E-state index contributed by atoms with van der Waals surface area (Å²) in [7, 11) is 3.03. The Labute approximate surface area is 201 Å². The fourth-order valence-corrected chi connectivity index (χ4v) is 4.71. The second-order valence-electron chi connectivity index (χ2n) is 9.36. The largest absolute Gasteiger partial charge is 0.627 e. The van der Waals surface area contributed by atoms with Gasteiger partial charge in [0.2, 0.25) is 0 Å². The fourth-order valence-electron chi connectivity index (χ4n) is 4.71. The monoisotopic (exact) mass is 470 g/mol. The van der Waals surface area contributed by atoms with Crippen LogP contribution in [0.3, 0.4) is 0 Å². The molecule has 2 amide bonds. The number of anilines is 3. The highest BCUT2D eigenvalue weighted by molar-refractivity contribution is 6.35. The molecular formula is C25H22N6O4. The van der Waals surface area contributed by atoms with Crippen molar-refractivity contribution in [2.75, 3.05) is 42.1 Å². The molecule has 176 valence electrons. The van der Waals surface area contributed by atoms with Gasteiger partial charge < -0.3 is 19.7 Å². The lowest BCUT2D eigenvalue weighted by atomic mass is 9.94. The Morgan fingerprint density at radius 1 is 0.800 bits per heavy atom. The van der Waals surface area contributed by atoms with Crippen molar-refractivity contribution >= 4 is 39.9 Å². The molecule has 0 saturated carbocycles. The van der Waals surface area contributed by atoms with E-state index in [1.54, 1.807) is 58.6 Å². The Kier molecular flexibility index (Phi) is 4.41. The van der Waals surface area contributed by atoms with E-state index in [1.807, 2.05) is 12.1 Å². The van der Waals surface area contributed by atoms with E-state index in [0.29, 0.717) is 33.8 Å². The van der Waals surface area contributed by atoms with Gasteiger partial charge >= 0.3 is 0 Å². The first-order valence-electron chi connectivity index (χ1n) is 11.1. The van der Waals surface area contributed by atoms with Crippen molar-refractivity contribution in [2.24, 2.45) is 0 Å². The molecule has 6 rings (SSSR count). The highest BCUT2D eigenvalue weighted by atomic mass is 16.5. The number of hydrogen-bond donors (Lipinski definition) is 0. The van der Waals surface area contributed by atoms with Crippen LogP contribution < -0.4 is 14.7 Å². The van der Waals surface area contributed by atoms with Gasteiger partial charge in [-0.05, 0) is 17.5 Å². The Balaban J connectivity index is 1.49. The molecule has 0 saturated heterocycles. The van der Waals surface area contributed by atoms with Gasteiger partial charge in [-0.1, -0.05) is 24.3 Å². The molecular weight excluding hydrogens is 448 g/mol. The summed E-state index contributed by atoms with van der Waals surface area (Å²) in [6, 6.07) is 14.0. The van der Waals surface area contributed by atoms with Gasteiger partial charge in [0, 0.05) is 28.6 Å². The number of hydroxylamine groups is 6. The lowest BCUT2D eigenvalue weighted by Crippen LogP contribution is -2.41. The fraction of sp³-hybridized carbons (Fsp3) is 0.160. The molecule has 3 aliphatic rings. The molecule has 0 spiro atoms. The van der Waals surface area contributed by atoms with Crippen LogP contribution in [0.15, 0.2) is 73.3 Å². The van der Waals surface area contributed by atoms with Gasteiger partial charge in [0.25, 0.3) is 11.8 Å². The van der Waals surface area contributed by atoms with Crippen molar-refractivity contribution in [3.63, 3.8) is 0 Å². The maximum Gasteiger partial charge on any atom is 0.265 e. The molecule has 2 unspecified atom stereocenters. The minimum atomic E-state index is -0.614. The van der Waals surface area contributed by atoms with Gasteiger partial charge in [0.1, 0.15) is 24.0 Å². The van der Waals surface area contributed by atoms with E-state index in [4.69, 9.17) is 0 Å². The van der Waals surface area contributed by atoms with Crippen molar-refractivity contribution in [3.8, 4) is 0 Å². The number of carbonyl (C=O) groups is 2. The van der Waals surface area contributed by atoms with Crippen LogP contribution in [0.4, 0.5) is 17.3 Å². The summed E-state index contributed by atoms with van der Waals surface area (Å²) in [4.78, 5) is 36.3. The number of imide groups is 1. The molecule has 0 bridgehead atoms. The Hall–Kier alpha value is -4.09. The van der Waals surface area contributed by atoms with Crippen LogP contribution in [0, 0.1) is 10.4 Å². The van der Waals surface area contributed by atoms with Gasteiger partial charge in [-0.3, -0.25) is 19.4 Å². The molecule has 0 N–H and O–H groups in total. The highest BCUT2D eigenvalue weighted by Crippen LogP contribution is 2.36. The van der Waals surface area contributed by atoms with Crippen LogP contribution in [-0.2, 0) is 0 Å². The summed E-state index contributed by atoms with van der Waals surface area (Å²) in [6.07, 6.45) is 6.24. The zero-order chi connectivity index (χ0) is 24.5. The van der Waals surface area contributed by atoms with Crippen molar-refractivity contribution in [1.29, 1.82) is 0 Å². The molecule has 10 heteroatoms. The van der Waals surface area contributed by atoms with Gasteiger partial charge in [-0.15, -0.1) is 0 Å². The molecule has 4 heterocycles. The molecule has 1 aromatic heterocycles. The number of hydrogen-bond acceptors (Lipinski definition) is 7. The SMILES string of the molecule is C[N+]1([O-])C=CN(c2cc(N3C(=O)c4cccc5cccc(c45)C3=O)cc(N3C=C[N+](C)([O-])C3)n2)C1. The molecule has 0 fully saturated rings. The van der Waals surface area contributed by atoms with Crippen LogP contribution in [-0.4, -0.2) is 53.5 Å². The number of nitrogens with zero attached hydrogens (tertiary/aromatic N) is 6. The molecule has 2 atom stereocenters. The van der Waals surface area contributed by atoms with Crippen molar-refractivity contribution in [1.82, 2.24) is 4.98 Å². The quantitative estimate of drug-likeness (QED) is 0.328. The maximum atomic E-state index is 13.6. The third-order valence-electron chi connectivity index (χ3n) is 6.39. The number of aromatic nitrogens is 1. The molecule has 2 aromatic carbocycles. The minimum absolute atomic E-state index is 0.0884. The van der Waals surface area contributed by atoms with E-state index in [0.717, 1.165) is 10.3 Å². The van der Waals surface area contributed by atoms with E-state index in [1.165, 1.54) is 26.5 Å². The summed E-state index contributed by atoms with van der Waals surface area (Å²) >= 11 is 0. The smallest absolute Gasteiger partial charge is 0.265 e. The van der Waals surface area contributed by atoms with Crippen LogP contribution in [0.2, 0.25) is 0 Å². The molecule has 0 aliphatic carbocycles. The lowest BCUT2D eigenvalue weighted by molar-refractivity contribution is -0.800. The predicted octanol–water partition coefficient (Wildman–Crippen LogP) is 3.42. The van der Waals surface area contributed by atoms with Crippen molar-refractivity contribution < 1.29 is 18.9 Å². The zero-order valence-electron chi connectivity index (χ0n) is 19.2. The number of pyridine rings is 1. The summed E-state index contributed by atoms with van der Waals surface area (Å²) < 4.78 is -1.23. The number of benzene rings is 2. The van der Waals surface area contributed by atoms with E-state index < -0.39 is 21.1 Å². The Bertz CT molecular complexity index is 1380. The predicted molar refractivity (Wildman–Crippen MR) is 131 cm³/mol. The standard InChI is InChI=1S/C25H22N6O4/c1-30(34)11-9-27(15-30)21-13-18(14-22(26-21)28-10-12-31(2,35)16-28)29-24(32)19-7-3-5-17-6-4-8-20(23(17)19)25(29)33/h3-14H,15-16H2,1-2H3. The molecule has 3 aliphatic heterocycles. The third-order valence-corrected chi connectivity index (χ3v) is 6.39. The van der Waals surface area contributed by atoms with Crippen LogP contribution in [0.1, 0.15) is 20.7 Å². The number of rotatable bonds is 3. The van der Waals surface area contributed by atoms with E-state index >= 15 is 0 Å². The maximum absolute atomic E-state index is 13.6. The molecule has 35 heavy (non-hydrogen) atoms. The van der Waals surface area contributed by atoms with Gasteiger partial charge in [-0.2, -0.15) is 0 Å². The molecule has 10 nitrogen and oxygen atoms in total. The van der Waals surface area contributed by atoms with Gasteiger partial charge in [-0.25, -0.2) is 9.88 Å². The van der Waals surface area contributed by atoms with Crippen LogP contribution in [0.25, 0.3) is 10.8 Å². The van der Waals surface area contributed by atoms with Crippen LogP contribution in [0.5, 0.6) is 0 Å². The average Bonchev–Trinajstić information content (AvgIpc) is 3.38. The first-order valence-corrected chi connectivity index (χ1v) is 11.1. The molecule has 3 aromatic rings. The van der Waals surface area contributed by atoms with E-state index in [-0.39, 0.29) is 13.3 Å². The van der Waals surface area contributed by atoms with Gasteiger partial charge in [0.05, 0.1) is 32.2 Å². The zero-order valence-corrected chi connectivity index (χ0v) is 19.2. The summed E-state index contributed by atoms with van der Waals surface area (Å²) in [5.41, 5.74) is 1.19. The molecule has 0 radical (unpaired) electrons. The van der Waals surface area contributed by atoms with Crippen molar-refractivity contribution in [3.05, 3.63) is 94.9 Å². The van der Waals surface area contributed by atoms with Crippen LogP contribution >= 0.6 is 0 Å². The summed E-state index contributed by atoms with van der Waals surface area (Å²) in [5.74, 6) is -0.0931. The number of amides is 2. The van der Waals surface area contributed by atoms with Crippen molar-refractivity contribution in [2.45, 2.75) is 0 Å². The summed E-state index contributed by atoms with van der Waals surface area (Å²) in [6.45, 7) is 0.177.